The molecule has 0 saturated heterocycles. The van der Waals surface area contributed by atoms with Gasteiger partial charge in [0.25, 0.3) is 0 Å². The maximum absolute atomic E-state index is 5.42. The second-order valence-electron chi connectivity index (χ2n) is 5.96. The Morgan fingerprint density at radius 3 is 3.12 bits per heavy atom. The molecule has 1 aliphatic rings. The molecule has 4 rings (SSSR count). The summed E-state index contributed by atoms with van der Waals surface area (Å²) in [5.41, 5.74) is 3.11. The van der Waals surface area contributed by atoms with E-state index >= 15 is 0 Å². The van der Waals surface area contributed by atoms with Crippen molar-refractivity contribution in [3.63, 3.8) is 0 Å². The Hall–Kier alpha value is -2.45. The Balaban J connectivity index is 1.40. The molecule has 0 radical (unpaired) electrons. The highest BCUT2D eigenvalue weighted by Crippen LogP contribution is 2.20. The van der Waals surface area contributed by atoms with Gasteiger partial charge in [0.2, 0.25) is 0 Å². The molecule has 4 N–H and O–H groups in total. The van der Waals surface area contributed by atoms with Gasteiger partial charge in [-0.05, 0) is 31.3 Å². The van der Waals surface area contributed by atoms with Crippen LogP contribution in [-0.2, 0) is 13.1 Å². The van der Waals surface area contributed by atoms with E-state index in [4.69, 9.17) is 12.2 Å². The van der Waals surface area contributed by atoms with Crippen LogP contribution in [0.5, 0.6) is 0 Å². The van der Waals surface area contributed by atoms with E-state index in [1.54, 1.807) is 6.33 Å². The lowest BCUT2D eigenvalue weighted by atomic mass is 10.2. The van der Waals surface area contributed by atoms with Gasteiger partial charge in [0, 0.05) is 12.6 Å². The number of nitrogens with zero attached hydrogens (tertiary/aromatic N) is 3. The summed E-state index contributed by atoms with van der Waals surface area (Å²) in [7, 11) is 0. The van der Waals surface area contributed by atoms with Crippen LogP contribution in [-0.4, -0.2) is 37.6 Å². The van der Waals surface area contributed by atoms with Crippen LogP contribution in [0.1, 0.15) is 18.4 Å². The molecule has 8 heteroatoms. The lowest BCUT2D eigenvalue weighted by molar-refractivity contribution is 0.540. The fourth-order valence-corrected chi connectivity index (χ4v) is 3.13. The molecule has 1 aromatic carbocycles. The molecule has 1 aliphatic heterocycles. The molecule has 0 fully saturated rings. The molecule has 0 aliphatic carbocycles. The number of hydrogen-bond acceptors (Lipinski definition) is 4. The summed E-state index contributed by atoms with van der Waals surface area (Å²) in [5, 5.41) is 7.42. The van der Waals surface area contributed by atoms with Crippen molar-refractivity contribution in [1.29, 1.82) is 0 Å². The third kappa shape index (κ3) is 2.85. The first-order valence-corrected chi connectivity index (χ1v) is 8.36. The number of aromatic nitrogens is 4. The number of para-hydroxylation sites is 2. The van der Waals surface area contributed by atoms with E-state index in [2.05, 4.69) is 37.5 Å². The minimum absolute atomic E-state index is 0.223. The number of anilines is 1. The van der Waals surface area contributed by atoms with Crippen molar-refractivity contribution in [2.75, 3.05) is 11.4 Å². The van der Waals surface area contributed by atoms with Gasteiger partial charge in [-0.2, -0.15) is 0 Å². The minimum Gasteiger partial charge on any atom is -0.357 e. The van der Waals surface area contributed by atoms with Crippen LogP contribution in [0.25, 0.3) is 11.0 Å². The van der Waals surface area contributed by atoms with Crippen LogP contribution in [0.4, 0.5) is 5.82 Å². The van der Waals surface area contributed by atoms with Crippen LogP contribution in [0.2, 0.25) is 0 Å². The lowest BCUT2D eigenvalue weighted by Gasteiger charge is -2.31. The van der Waals surface area contributed by atoms with Gasteiger partial charge < -0.3 is 25.5 Å². The third-order valence-corrected chi connectivity index (χ3v) is 4.49. The van der Waals surface area contributed by atoms with Gasteiger partial charge in [-0.15, -0.1) is 0 Å². The van der Waals surface area contributed by atoms with E-state index in [1.165, 1.54) is 0 Å². The minimum atomic E-state index is 0.223. The Morgan fingerprint density at radius 1 is 1.38 bits per heavy atom. The molecular weight excluding hydrogens is 322 g/mol. The van der Waals surface area contributed by atoms with Crippen molar-refractivity contribution in [3.05, 3.63) is 42.1 Å². The summed E-state index contributed by atoms with van der Waals surface area (Å²) in [6.45, 7) is 4.25. The molecule has 3 heterocycles. The van der Waals surface area contributed by atoms with Crippen molar-refractivity contribution in [3.8, 4) is 0 Å². The van der Waals surface area contributed by atoms with Crippen molar-refractivity contribution in [1.82, 2.24) is 30.6 Å². The maximum atomic E-state index is 5.42. The van der Waals surface area contributed by atoms with Crippen molar-refractivity contribution < 1.29 is 0 Å². The number of rotatable bonds is 5. The molecule has 2 aromatic heterocycles. The fourth-order valence-electron chi connectivity index (χ4n) is 2.90. The molecule has 124 valence electrons. The quantitative estimate of drug-likeness (QED) is 0.528. The summed E-state index contributed by atoms with van der Waals surface area (Å²) in [4.78, 5) is 17.5. The Kier molecular flexibility index (Phi) is 3.91. The van der Waals surface area contributed by atoms with E-state index in [-0.39, 0.29) is 6.04 Å². The Labute approximate surface area is 144 Å². The van der Waals surface area contributed by atoms with Crippen LogP contribution < -0.4 is 15.5 Å². The molecule has 7 nitrogen and oxygen atoms in total. The monoisotopic (exact) mass is 341 g/mol. The number of imidazole rings is 2. The molecule has 0 bridgehead atoms. The number of H-pyrrole nitrogens is 2. The molecule has 0 spiro atoms. The zero-order valence-electron chi connectivity index (χ0n) is 13.3. The van der Waals surface area contributed by atoms with Crippen LogP contribution in [0, 0.1) is 0 Å². The molecule has 0 amide bonds. The highest BCUT2D eigenvalue weighted by molar-refractivity contribution is 7.80. The molecule has 1 atom stereocenters. The zero-order valence-corrected chi connectivity index (χ0v) is 14.2. The normalized spacial score (nSPS) is 15.4. The van der Waals surface area contributed by atoms with E-state index < -0.39 is 0 Å². The Morgan fingerprint density at radius 2 is 2.25 bits per heavy atom. The first kappa shape index (κ1) is 15.1. The van der Waals surface area contributed by atoms with Crippen molar-refractivity contribution in [2.45, 2.75) is 26.1 Å². The average molecular weight is 341 g/mol. The van der Waals surface area contributed by atoms with Gasteiger partial charge in [0.05, 0.1) is 36.1 Å². The van der Waals surface area contributed by atoms with Gasteiger partial charge in [-0.3, -0.25) is 0 Å². The highest BCUT2D eigenvalue weighted by Gasteiger charge is 2.24. The Bertz CT molecular complexity index is 835. The second kappa shape index (κ2) is 6.21. The predicted molar refractivity (Wildman–Crippen MR) is 97.8 cm³/mol. The van der Waals surface area contributed by atoms with E-state index in [9.17, 15) is 0 Å². The molecule has 1 unspecified atom stereocenters. The summed E-state index contributed by atoms with van der Waals surface area (Å²) >= 11 is 5.42. The highest BCUT2D eigenvalue weighted by atomic mass is 32.1. The molecule has 3 aromatic rings. The smallest absolute Gasteiger partial charge is 0.175 e. The first-order chi connectivity index (χ1) is 11.7. The van der Waals surface area contributed by atoms with Gasteiger partial charge in [0.15, 0.2) is 10.9 Å². The standard InChI is InChI=1S/C16H19N7S/c1-10(8-23-15-13(19-9-20-15)6-18-16(23)24)17-7-14-21-11-4-2-3-5-12(11)22-14/h2-5,9-10,17H,6-8H2,1H3,(H,18,24)(H,19,20)(H,21,22). The SMILES string of the molecule is CC(CN1C(=S)NCc2[nH]cnc21)NCc1nc2ccccc2[nH]1. The number of nitrogens with one attached hydrogen (secondary N) is 4. The van der Waals surface area contributed by atoms with Gasteiger partial charge in [-0.25, -0.2) is 9.97 Å². The summed E-state index contributed by atoms with van der Waals surface area (Å²) in [6, 6.07) is 8.27. The summed E-state index contributed by atoms with van der Waals surface area (Å²) in [6.07, 6.45) is 1.71. The van der Waals surface area contributed by atoms with Gasteiger partial charge in [-0.1, -0.05) is 12.1 Å². The topological polar surface area (TPSA) is 84.7 Å². The maximum Gasteiger partial charge on any atom is 0.175 e. The lowest BCUT2D eigenvalue weighted by Crippen LogP contribution is -2.49. The molecular formula is C16H19N7S. The van der Waals surface area contributed by atoms with Crippen LogP contribution >= 0.6 is 12.2 Å². The average Bonchev–Trinajstić information content (AvgIpc) is 3.21. The predicted octanol–water partition coefficient (Wildman–Crippen LogP) is 1.66. The first-order valence-electron chi connectivity index (χ1n) is 7.95. The number of aromatic amines is 2. The fraction of sp³-hybridized carbons (Fsp3) is 0.312. The van der Waals surface area contributed by atoms with Gasteiger partial charge >= 0.3 is 0 Å². The third-order valence-electron chi connectivity index (χ3n) is 4.13. The van der Waals surface area contributed by atoms with E-state index in [0.29, 0.717) is 18.2 Å². The number of hydrogen-bond donors (Lipinski definition) is 4. The van der Waals surface area contributed by atoms with E-state index in [0.717, 1.165) is 34.9 Å². The molecule has 0 saturated carbocycles. The largest absolute Gasteiger partial charge is 0.357 e. The van der Waals surface area contributed by atoms with Gasteiger partial charge in [0.1, 0.15) is 5.82 Å². The summed E-state index contributed by atoms with van der Waals surface area (Å²) in [5.74, 6) is 1.85. The molecule has 24 heavy (non-hydrogen) atoms. The summed E-state index contributed by atoms with van der Waals surface area (Å²) < 4.78 is 0. The number of benzene rings is 1. The van der Waals surface area contributed by atoms with Crippen LogP contribution in [0.3, 0.4) is 0 Å². The van der Waals surface area contributed by atoms with Crippen molar-refractivity contribution in [2.24, 2.45) is 0 Å². The van der Waals surface area contributed by atoms with E-state index in [1.807, 2.05) is 29.2 Å². The number of thiocarbonyl (C=S) groups is 1. The van der Waals surface area contributed by atoms with Crippen LogP contribution in [0.15, 0.2) is 30.6 Å². The number of fused-ring (bicyclic) bond motifs is 2. The van der Waals surface area contributed by atoms with Crippen molar-refractivity contribution >= 4 is 34.2 Å². The zero-order chi connectivity index (χ0) is 16.5. The second-order valence-corrected chi connectivity index (χ2v) is 6.34.